The van der Waals surface area contributed by atoms with E-state index in [4.69, 9.17) is 21.0 Å². The molecule has 0 aromatic heterocycles. The van der Waals surface area contributed by atoms with Crippen molar-refractivity contribution in [2.24, 2.45) is 16.6 Å². The Hall–Kier alpha value is -3.81. The lowest BCUT2D eigenvalue weighted by atomic mass is 9.89. The lowest BCUT2D eigenvalue weighted by Crippen LogP contribution is -2.28. The van der Waals surface area contributed by atoms with Gasteiger partial charge in [0.25, 0.3) is 0 Å². The number of nitriles is 4. The van der Waals surface area contributed by atoms with Gasteiger partial charge in [-0.3, -0.25) is 4.79 Å². The Morgan fingerprint density at radius 1 is 1.12 bits per heavy atom. The van der Waals surface area contributed by atoms with Gasteiger partial charge >= 0.3 is 5.97 Å². The van der Waals surface area contributed by atoms with Crippen molar-refractivity contribution in [3.63, 3.8) is 0 Å². The highest BCUT2D eigenvalue weighted by atomic mass is 16.5. The third-order valence-electron chi connectivity index (χ3n) is 4.41. The van der Waals surface area contributed by atoms with Crippen LogP contribution in [-0.2, 0) is 9.53 Å². The fraction of sp³-hybridized carbons (Fsp3) is 0.278. The zero-order valence-electron chi connectivity index (χ0n) is 13.4. The maximum Gasteiger partial charge on any atom is 0.329 e. The topological polar surface area (TPSA) is 147 Å². The van der Waals surface area contributed by atoms with Crippen LogP contribution in [0.5, 0.6) is 0 Å². The van der Waals surface area contributed by atoms with Gasteiger partial charge in [0.15, 0.2) is 5.41 Å². The second-order valence-electron chi connectivity index (χ2n) is 5.42. The minimum absolute atomic E-state index is 0.0122. The molecule has 0 unspecified atom stereocenters. The summed E-state index contributed by atoms with van der Waals surface area (Å²) in [6.45, 7) is 1.59. The van der Waals surface area contributed by atoms with Crippen molar-refractivity contribution in [2.75, 3.05) is 6.61 Å². The predicted molar refractivity (Wildman–Crippen MR) is 84.3 cm³/mol. The summed E-state index contributed by atoms with van der Waals surface area (Å²) >= 11 is 0. The Balaban J connectivity index is 2.81. The molecule has 0 saturated heterocycles. The lowest BCUT2D eigenvalue weighted by Gasteiger charge is -2.13. The van der Waals surface area contributed by atoms with Crippen LogP contribution in [0.25, 0.3) is 0 Å². The van der Waals surface area contributed by atoms with Crippen LogP contribution >= 0.6 is 0 Å². The molecule has 0 radical (unpaired) electrons. The zero-order chi connectivity index (χ0) is 18.7. The van der Waals surface area contributed by atoms with Crippen LogP contribution in [0.2, 0.25) is 0 Å². The number of carbonyl (C=O) groups is 1. The molecule has 3 atom stereocenters. The molecule has 0 heterocycles. The first-order chi connectivity index (χ1) is 12.0. The van der Waals surface area contributed by atoms with Crippen molar-refractivity contribution in [3.8, 4) is 24.3 Å². The van der Waals surface area contributed by atoms with Gasteiger partial charge in [-0.1, -0.05) is 30.3 Å². The second kappa shape index (κ2) is 6.36. The van der Waals surface area contributed by atoms with E-state index in [1.54, 1.807) is 49.4 Å². The van der Waals surface area contributed by atoms with Crippen molar-refractivity contribution in [1.82, 2.24) is 0 Å². The SMILES string of the molecule is CCOC(=O)[C@]1(C#N)[C@H](c2ccccc2)[C@]1(C#N)C(N)=C(C#N)C#N. The van der Waals surface area contributed by atoms with Crippen LogP contribution in [0.15, 0.2) is 41.6 Å². The summed E-state index contributed by atoms with van der Waals surface area (Å²) in [6, 6.07) is 15.5. The minimum atomic E-state index is -1.91. The number of benzene rings is 1. The highest BCUT2D eigenvalue weighted by molar-refractivity contribution is 5.91. The molecule has 1 aliphatic carbocycles. The van der Waals surface area contributed by atoms with Crippen molar-refractivity contribution in [3.05, 3.63) is 47.2 Å². The van der Waals surface area contributed by atoms with E-state index < -0.39 is 28.3 Å². The summed E-state index contributed by atoms with van der Waals surface area (Å²) in [5.74, 6) is -1.84. The van der Waals surface area contributed by atoms with Gasteiger partial charge in [-0.2, -0.15) is 21.0 Å². The lowest BCUT2D eigenvalue weighted by molar-refractivity contribution is -0.148. The monoisotopic (exact) mass is 331 g/mol. The predicted octanol–water partition coefficient (Wildman–Crippen LogP) is 1.63. The van der Waals surface area contributed by atoms with E-state index in [9.17, 15) is 15.3 Å². The van der Waals surface area contributed by atoms with Crippen molar-refractivity contribution in [2.45, 2.75) is 12.8 Å². The maximum atomic E-state index is 12.6. The summed E-state index contributed by atoms with van der Waals surface area (Å²) < 4.78 is 5.01. The van der Waals surface area contributed by atoms with E-state index in [0.717, 1.165) is 0 Å². The molecule has 2 N–H and O–H groups in total. The first-order valence-electron chi connectivity index (χ1n) is 7.36. The van der Waals surface area contributed by atoms with E-state index in [2.05, 4.69) is 0 Å². The molecule has 122 valence electrons. The van der Waals surface area contributed by atoms with E-state index in [0.29, 0.717) is 5.56 Å². The first-order valence-corrected chi connectivity index (χ1v) is 7.36. The third kappa shape index (κ3) is 2.12. The van der Waals surface area contributed by atoms with E-state index >= 15 is 0 Å². The average molecular weight is 331 g/mol. The fourth-order valence-electron chi connectivity index (χ4n) is 3.27. The molecular formula is C18H13N5O2. The maximum absolute atomic E-state index is 12.6. The molecule has 1 aromatic carbocycles. The summed E-state index contributed by atoms with van der Waals surface area (Å²) in [4.78, 5) is 12.6. The van der Waals surface area contributed by atoms with Gasteiger partial charge in [0.05, 0.1) is 24.4 Å². The summed E-state index contributed by atoms with van der Waals surface area (Å²) in [5.41, 5.74) is 1.85. The van der Waals surface area contributed by atoms with Crippen LogP contribution in [-0.4, -0.2) is 12.6 Å². The normalized spacial score (nSPS) is 26.0. The molecule has 7 heteroatoms. The van der Waals surface area contributed by atoms with Crippen LogP contribution < -0.4 is 5.73 Å². The Bertz CT molecular complexity index is 894. The third-order valence-corrected chi connectivity index (χ3v) is 4.41. The summed E-state index contributed by atoms with van der Waals surface area (Å²) in [7, 11) is 0. The largest absolute Gasteiger partial charge is 0.465 e. The van der Waals surface area contributed by atoms with Crippen LogP contribution in [0.3, 0.4) is 0 Å². The van der Waals surface area contributed by atoms with Gasteiger partial charge in [0, 0.05) is 5.92 Å². The molecule has 1 saturated carbocycles. The first kappa shape index (κ1) is 17.5. The van der Waals surface area contributed by atoms with Gasteiger partial charge < -0.3 is 10.5 Å². The fourth-order valence-corrected chi connectivity index (χ4v) is 3.27. The molecule has 0 spiro atoms. The van der Waals surface area contributed by atoms with E-state index in [1.165, 1.54) is 0 Å². The van der Waals surface area contributed by atoms with Crippen molar-refractivity contribution < 1.29 is 9.53 Å². The van der Waals surface area contributed by atoms with Crippen molar-refractivity contribution in [1.29, 1.82) is 21.0 Å². The molecule has 0 amide bonds. The Morgan fingerprint density at radius 3 is 2.12 bits per heavy atom. The molecular weight excluding hydrogens is 318 g/mol. The highest BCUT2D eigenvalue weighted by Crippen LogP contribution is 2.76. The number of esters is 1. The molecule has 7 nitrogen and oxygen atoms in total. The van der Waals surface area contributed by atoms with Crippen LogP contribution in [0.4, 0.5) is 0 Å². The molecule has 25 heavy (non-hydrogen) atoms. The average Bonchev–Trinajstić information content (AvgIpc) is 3.28. The summed E-state index contributed by atoms with van der Waals surface area (Å²) in [5, 5.41) is 37.8. The number of rotatable bonds is 4. The van der Waals surface area contributed by atoms with Crippen LogP contribution in [0.1, 0.15) is 18.4 Å². The zero-order valence-corrected chi connectivity index (χ0v) is 13.4. The molecule has 0 bridgehead atoms. The minimum Gasteiger partial charge on any atom is -0.465 e. The van der Waals surface area contributed by atoms with Gasteiger partial charge in [-0.15, -0.1) is 0 Å². The van der Waals surface area contributed by atoms with Gasteiger partial charge in [-0.25, -0.2) is 0 Å². The highest BCUT2D eigenvalue weighted by Gasteiger charge is 2.86. The quantitative estimate of drug-likeness (QED) is 0.651. The van der Waals surface area contributed by atoms with E-state index in [1.807, 2.05) is 12.1 Å². The number of ether oxygens (including phenoxy) is 1. The van der Waals surface area contributed by atoms with E-state index in [-0.39, 0.29) is 12.3 Å². The number of hydrogen-bond donors (Lipinski definition) is 1. The number of carbonyl (C=O) groups excluding carboxylic acids is 1. The Morgan fingerprint density at radius 2 is 1.68 bits per heavy atom. The molecule has 1 aromatic rings. The smallest absolute Gasteiger partial charge is 0.329 e. The Kier molecular flexibility index (Phi) is 4.46. The molecule has 1 fully saturated rings. The van der Waals surface area contributed by atoms with Gasteiger partial charge in [0.2, 0.25) is 0 Å². The number of allylic oxidation sites excluding steroid dienone is 2. The molecule has 0 aliphatic heterocycles. The Labute approximate surface area is 144 Å². The number of hydrogen-bond acceptors (Lipinski definition) is 7. The van der Waals surface area contributed by atoms with Crippen LogP contribution in [0, 0.1) is 56.2 Å². The van der Waals surface area contributed by atoms with Gasteiger partial charge in [0.1, 0.15) is 23.1 Å². The number of nitrogens with zero attached hydrogens (tertiary/aromatic N) is 4. The van der Waals surface area contributed by atoms with Gasteiger partial charge in [-0.05, 0) is 12.5 Å². The summed E-state index contributed by atoms with van der Waals surface area (Å²) in [6.07, 6.45) is 0. The second-order valence-corrected chi connectivity index (χ2v) is 5.42. The molecule has 1 aliphatic rings. The number of nitrogens with two attached hydrogens (primary N) is 1. The standard InChI is InChI=1S/C18H13N5O2/c1-2-25-16(24)18(11-22)14(12-6-4-3-5-7-12)17(18,10-21)15(23)13(8-19)9-20/h3-7,14H,2,23H2,1H3/t14-,17-,18+/m1/s1. The molecule has 2 rings (SSSR count). The van der Waals surface area contributed by atoms with Crippen molar-refractivity contribution >= 4 is 5.97 Å².